The van der Waals surface area contributed by atoms with Crippen molar-refractivity contribution in [3.8, 4) is 5.75 Å². The molecule has 132 valence electrons. The fraction of sp³-hybridized carbons (Fsp3) is 0.556. The van der Waals surface area contributed by atoms with Crippen molar-refractivity contribution in [1.82, 2.24) is 14.8 Å². The van der Waals surface area contributed by atoms with Gasteiger partial charge in [-0.3, -0.25) is 0 Å². The highest BCUT2D eigenvalue weighted by Gasteiger charge is 2.30. The monoisotopic (exact) mass is 333 g/mol. The standard InChI is InChI=1S/C18H27N3O3/c1-6-24-18(4,5)16-19-15(20-21(16)13-17(2,3)22)12-23-14-10-8-7-9-11-14/h7-11,22H,6,12-13H2,1-5H3. The molecule has 0 fully saturated rings. The Morgan fingerprint density at radius 2 is 1.79 bits per heavy atom. The minimum Gasteiger partial charge on any atom is -0.486 e. The van der Waals surface area contributed by atoms with Crippen LogP contribution in [-0.2, 0) is 23.5 Å². The predicted molar refractivity (Wildman–Crippen MR) is 91.7 cm³/mol. The van der Waals surface area contributed by atoms with Gasteiger partial charge in [-0.25, -0.2) is 9.67 Å². The lowest BCUT2D eigenvalue weighted by atomic mass is 10.1. The lowest BCUT2D eigenvalue weighted by Gasteiger charge is -2.26. The first-order valence-corrected chi connectivity index (χ1v) is 8.19. The molecule has 0 aliphatic heterocycles. The molecule has 6 nitrogen and oxygen atoms in total. The van der Waals surface area contributed by atoms with Gasteiger partial charge in [0, 0.05) is 6.61 Å². The van der Waals surface area contributed by atoms with Crippen molar-refractivity contribution in [2.45, 2.75) is 59.0 Å². The Labute approximate surface area is 143 Å². The van der Waals surface area contributed by atoms with E-state index >= 15 is 0 Å². The number of aliphatic hydroxyl groups is 1. The van der Waals surface area contributed by atoms with Crippen molar-refractivity contribution in [3.63, 3.8) is 0 Å². The quantitative estimate of drug-likeness (QED) is 0.804. The third-order valence-electron chi connectivity index (χ3n) is 3.41. The molecule has 0 bridgehead atoms. The lowest BCUT2D eigenvalue weighted by molar-refractivity contribution is -0.0278. The minimum atomic E-state index is -0.900. The van der Waals surface area contributed by atoms with Gasteiger partial charge in [-0.15, -0.1) is 0 Å². The Kier molecular flexibility index (Phi) is 5.62. The van der Waals surface area contributed by atoms with Crippen LogP contribution >= 0.6 is 0 Å². The van der Waals surface area contributed by atoms with Gasteiger partial charge in [0.05, 0.1) is 12.1 Å². The molecule has 1 N–H and O–H groups in total. The maximum atomic E-state index is 10.1. The van der Waals surface area contributed by atoms with Gasteiger partial charge in [0.2, 0.25) is 0 Å². The molecule has 24 heavy (non-hydrogen) atoms. The lowest BCUT2D eigenvalue weighted by Crippen LogP contribution is -2.33. The van der Waals surface area contributed by atoms with Crippen molar-refractivity contribution in [2.75, 3.05) is 6.61 Å². The largest absolute Gasteiger partial charge is 0.486 e. The van der Waals surface area contributed by atoms with E-state index in [2.05, 4.69) is 10.1 Å². The van der Waals surface area contributed by atoms with Crippen molar-refractivity contribution < 1.29 is 14.6 Å². The molecule has 1 aromatic heterocycles. The molecule has 1 heterocycles. The molecule has 0 spiro atoms. The molecule has 0 aliphatic rings. The number of rotatable bonds is 8. The van der Waals surface area contributed by atoms with Crippen LogP contribution in [0.1, 0.15) is 46.3 Å². The molecule has 0 unspecified atom stereocenters. The predicted octanol–water partition coefficient (Wildman–Crippen LogP) is 2.90. The van der Waals surface area contributed by atoms with Crippen LogP contribution in [0, 0.1) is 0 Å². The van der Waals surface area contributed by atoms with Crippen LogP contribution < -0.4 is 4.74 Å². The number of aromatic nitrogens is 3. The zero-order valence-electron chi connectivity index (χ0n) is 15.1. The number of para-hydroxylation sites is 1. The van der Waals surface area contributed by atoms with Crippen molar-refractivity contribution >= 4 is 0 Å². The van der Waals surface area contributed by atoms with Crippen LogP contribution in [-0.4, -0.2) is 32.1 Å². The molecule has 2 aromatic rings. The molecule has 0 saturated carbocycles. The molecule has 0 atom stereocenters. The normalized spacial score (nSPS) is 12.4. The second-order valence-corrected chi connectivity index (χ2v) is 6.87. The van der Waals surface area contributed by atoms with Gasteiger partial charge in [0.15, 0.2) is 11.6 Å². The highest BCUT2D eigenvalue weighted by molar-refractivity contribution is 5.21. The molecule has 6 heteroatoms. The fourth-order valence-electron chi connectivity index (χ4n) is 2.46. The van der Waals surface area contributed by atoms with Gasteiger partial charge >= 0.3 is 0 Å². The van der Waals surface area contributed by atoms with Crippen LogP contribution in [0.15, 0.2) is 30.3 Å². The van der Waals surface area contributed by atoms with Crippen LogP contribution in [0.25, 0.3) is 0 Å². The van der Waals surface area contributed by atoms with E-state index in [9.17, 15) is 5.11 Å². The second kappa shape index (κ2) is 7.32. The summed E-state index contributed by atoms with van der Waals surface area (Å²) in [5.41, 5.74) is -1.50. The van der Waals surface area contributed by atoms with Crippen LogP contribution in [0.2, 0.25) is 0 Å². The maximum Gasteiger partial charge on any atom is 0.188 e. The molecule has 2 rings (SSSR count). The summed E-state index contributed by atoms with van der Waals surface area (Å²) >= 11 is 0. The van der Waals surface area contributed by atoms with E-state index in [4.69, 9.17) is 9.47 Å². The number of ether oxygens (including phenoxy) is 2. The first-order valence-electron chi connectivity index (χ1n) is 8.19. The first-order chi connectivity index (χ1) is 11.2. The van der Waals surface area contributed by atoms with Gasteiger partial charge in [-0.1, -0.05) is 18.2 Å². The molecule has 0 aliphatic carbocycles. The van der Waals surface area contributed by atoms with Crippen molar-refractivity contribution in [3.05, 3.63) is 42.0 Å². The SMILES string of the molecule is CCOC(C)(C)c1nc(COc2ccccc2)nn1CC(C)(C)O. The van der Waals surface area contributed by atoms with Crippen LogP contribution in [0.3, 0.4) is 0 Å². The molecular weight excluding hydrogens is 306 g/mol. The summed E-state index contributed by atoms with van der Waals surface area (Å²) in [5.74, 6) is 2.01. The second-order valence-electron chi connectivity index (χ2n) is 6.87. The van der Waals surface area contributed by atoms with Gasteiger partial charge in [0.25, 0.3) is 0 Å². The van der Waals surface area contributed by atoms with E-state index in [-0.39, 0.29) is 6.61 Å². The van der Waals surface area contributed by atoms with E-state index in [1.165, 1.54) is 0 Å². The fourth-order valence-corrected chi connectivity index (χ4v) is 2.46. The zero-order chi connectivity index (χ0) is 17.8. The highest BCUT2D eigenvalue weighted by atomic mass is 16.5. The van der Waals surface area contributed by atoms with E-state index in [1.807, 2.05) is 51.1 Å². The summed E-state index contributed by atoms with van der Waals surface area (Å²) in [5, 5.41) is 14.6. The zero-order valence-corrected chi connectivity index (χ0v) is 15.1. The highest BCUT2D eigenvalue weighted by Crippen LogP contribution is 2.24. The Hall–Kier alpha value is -1.92. The molecule has 1 aromatic carbocycles. The van der Waals surface area contributed by atoms with Crippen LogP contribution in [0.4, 0.5) is 0 Å². The number of benzene rings is 1. The topological polar surface area (TPSA) is 69.4 Å². The van der Waals surface area contributed by atoms with Crippen molar-refractivity contribution in [1.29, 1.82) is 0 Å². The number of hydrogen-bond donors (Lipinski definition) is 1. The summed E-state index contributed by atoms with van der Waals surface area (Å²) in [6.07, 6.45) is 0. The third kappa shape index (κ3) is 5.04. The Bertz CT molecular complexity index is 645. The van der Waals surface area contributed by atoms with E-state index < -0.39 is 11.2 Å². The van der Waals surface area contributed by atoms with Gasteiger partial charge in [-0.2, -0.15) is 5.10 Å². The average molecular weight is 333 g/mol. The third-order valence-corrected chi connectivity index (χ3v) is 3.41. The summed E-state index contributed by atoms with van der Waals surface area (Å²) in [4.78, 5) is 4.59. The van der Waals surface area contributed by atoms with E-state index in [1.54, 1.807) is 18.5 Å². The van der Waals surface area contributed by atoms with Gasteiger partial charge in [0.1, 0.15) is 18.0 Å². The summed E-state index contributed by atoms with van der Waals surface area (Å²) in [6, 6.07) is 9.54. The minimum absolute atomic E-state index is 0.262. The summed E-state index contributed by atoms with van der Waals surface area (Å²) in [7, 11) is 0. The van der Waals surface area contributed by atoms with Crippen molar-refractivity contribution in [2.24, 2.45) is 0 Å². The summed E-state index contributed by atoms with van der Waals surface area (Å²) in [6.45, 7) is 10.5. The number of hydrogen-bond acceptors (Lipinski definition) is 5. The molecular formula is C18H27N3O3. The van der Waals surface area contributed by atoms with E-state index in [0.717, 1.165) is 5.75 Å². The Morgan fingerprint density at radius 3 is 2.38 bits per heavy atom. The Morgan fingerprint density at radius 1 is 1.12 bits per heavy atom. The smallest absolute Gasteiger partial charge is 0.188 e. The molecule has 0 amide bonds. The summed E-state index contributed by atoms with van der Waals surface area (Å²) < 4.78 is 13.2. The van der Waals surface area contributed by atoms with E-state index in [0.29, 0.717) is 24.8 Å². The van der Waals surface area contributed by atoms with Gasteiger partial charge < -0.3 is 14.6 Å². The van der Waals surface area contributed by atoms with Crippen LogP contribution in [0.5, 0.6) is 5.75 Å². The molecule has 0 saturated heterocycles. The Balaban J connectivity index is 2.23. The number of nitrogens with zero attached hydrogens (tertiary/aromatic N) is 3. The average Bonchev–Trinajstić information content (AvgIpc) is 2.88. The first kappa shape index (κ1) is 18.4. The van der Waals surface area contributed by atoms with Gasteiger partial charge in [-0.05, 0) is 46.8 Å². The maximum absolute atomic E-state index is 10.1. The molecule has 0 radical (unpaired) electrons.